The third-order valence-corrected chi connectivity index (χ3v) is 21.3. The average molecular weight is 1500 g/mol. The molecule has 14 nitrogen and oxygen atoms in total. The van der Waals surface area contributed by atoms with Crippen molar-refractivity contribution in [3.05, 3.63) is 390 Å². The Morgan fingerprint density at radius 1 is 0.391 bits per heavy atom. The monoisotopic (exact) mass is 1500 g/mol. The van der Waals surface area contributed by atoms with E-state index in [9.17, 15) is 24.0 Å². The fraction of sp³-hybridized carbons (Fsp3) is 0.0792. The van der Waals surface area contributed by atoms with Crippen LogP contribution in [-0.4, -0.2) is 56.4 Å². The molecule has 4 N–H and O–H groups in total. The zero-order chi connectivity index (χ0) is 79.3. The Morgan fingerprint density at radius 2 is 0.922 bits per heavy atom. The number of pyridine rings is 4. The Balaban J connectivity index is 0.000000111. The Kier molecular flexibility index (Phi) is 19.3. The smallest absolute Gasteiger partial charge is 0.274 e. The van der Waals surface area contributed by atoms with E-state index >= 15 is 0 Å². The third-order valence-electron chi connectivity index (χ3n) is 21.3. The minimum absolute atomic E-state index is 0.0119. The molecule has 0 saturated carbocycles. The molecule has 0 bridgehead atoms. The highest BCUT2D eigenvalue weighted by Gasteiger charge is 2.33. The molecule has 14 aromatic carbocycles. The summed E-state index contributed by atoms with van der Waals surface area (Å²) in [5.74, 6) is -0.180. The number of carbonyl (C=O) groups excluding carboxylic acids is 3. The third kappa shape index (κ3) is 13.8. The van der Waals surface area contributed by atoms with Gasteiger partial charge in [0.05, 0.1) is 72.2 Å². The van der Waals surface area contributed by atoms with E-state index < -0.39 is 0 Å². The number of nitrogens with zero attached hydrogens (tertiary/aromatic N) is 5. The van der Waals surface area contributed by atoms with Crippen LogP contribution in [0.1, 0.15) is 75.8 Å². The van der Waals surface area contributed by atoms with Crippen LogP contribution >= 0.6 is 0 Å². The molecule has 0 atom stereocenters. The molecule has 18 aromatic rings. The number of aromatic amines is 2. The van der Waals surface area contributed by atoms with Crippen LogP contribution in [0, 0.1) is 41.5 Å². The van der Waals surface area contributed by atoms with Crippen LogP contribution in [-0.2, 0) is 0 Å². The topological polar surface area (TPSA) is 195 Å². The Bertz CT molecular complexity index is 7170. The molecule has 0 unspecified atom stereocenters. The van der Waals surface area contributed by atoms with E-state index in [0.717, 1.165) is 150 Å². The highest BCUT2D eigenvalue weighted by atomic mass is 16.2. The summed E-state index contributed by atoms with van der Waals surface area (Å²) in [6.45, 7) is 12.3. The number of nitrogens with one attached hydrogen (secondary N) is 4. The van der Waals surface area contributed by atoms with Crippen molar-refractivity contribution in [2.45, 2.75) is 41.5 Å². The lowest BCUT2D eigenvalue weighted by atomic mass is 9.82. The Morgan fingerprint density at radius 3 is 1.58 bits per heavy atom. The van der Waals surface area contributed by atoms with Crippen LogP contribution in [0.5, 0.6) is 0 Å². The van der Waals surface area contributed by atoms with E-state index in [-0.39, 0.29) is 28.3 Å². The molecular weight excluding hydrogens is 1420 g/mol. The first-order valence-corrected chi connectivity index (χ1v) is 38.1. The van der Waals surface area contributed by atoms with Gasteiger partial charge in [-0.3, -0.25) is 29.0 Å². The molecule has 556 valence electrons. The maximum Gasteiger partial charge on any atom is 0.274 e. The molecule has 1 amide bonds. The summed E-state index contributed by atoms with van der Waals surface area (Å²) in [6, 6.07) is 92.6. The van der Waals surface area contributed by atoms with Gasteiger partial charge >= 0.3 is 0 Å². The highest BCUT2D eigenvalue weighted by Crippen LogP contribution is 2.47. The summed E-state index contributed by atoms with van der Waals surface area (Å²) < 4.78 is 0. The number of para-hydroxylation sites is 1. The first-order valence-electron chi connectivity index (χ1n) is 38.1. The number of ketones is 2. The van der Waals surface area contributed by atoms with Crippen molar-refractivity contribution < 1.29 is 14.4 Å². The van der Waals surface area contributed by atoms with Gasteiger partial charge in [0.15, 0.2) is 28.1 Å². The van der Waals surface area contributed by atoms with Gasteiger partial charge in [0.1, 0.15) is 0 Å². The van der Waals surface area contributed by atoms with Crippen molar-refractivity contribution in [2.24, 2.45) is 9.98 Å². The van der Waals surface area contributed by atoms with Gasteiger partial charge in [-0.1, -0.05) is 205 Å². The number of fused-ring (bicyclic) bond motifs is 4. The minimum Gasteiger partial charge on any atom is -0.366 e. The number of rotatable bonds is 9. The molecule has 2 aliphatic rings. The molecule has 0 saturated heterocycles. The number of aryl methyl sites for hydroxylation is 6. The van der Waals surface area contributed by atoms with Crippen LogP contribution in [0.2, 0.25) is 0 Å². The molecular formula is C101H77N9O5. The summed E-state index contributed by atoms with van der Waals surface area (Å²) in [5.41, 5.74) is 24.2. The molecule has 0 spiro atoms. The molecule has 0 aliphatic heterocycles. The average Bonchev–Trinajstić information content (AvgIpc) is 0.727. The summed E-state index contributed by atoms with van der Waals surface area (Å²) in [4.78, 5) is 92.8. The van der Waals surface area contributed by atoms with Gasteiger partial charge in [-0.15, -0.1) is 0 Å². The first kappa shape index (κ1) is 72.9. The number of H-pyrrole nitrogens is 2. The fourth-order valence-corrected chi connectivity index (χ4v) is 15.9. The lowest BCUT2D eigenvalue weighted by molar-refractivity contribution is 0.0823. The van der Waals surface area contributed by atoms with E-state index in [1.165, 1.54) is 21.6 Å². The maximum absolute atomic E-state index is 13.5. The second-order valence-electron chi connectivity index (χ2n) is 29.5. The number of aromatic nitrogens is 4. The van der Waals surface area contributed by atoms with Crippen molar-refractivity contribution in [1.29, 1.82) is 0 Å². The summed E-state index contributed by atoms with van der Waals surface area (Å²) in [6.07, 6.45) is 3.82. The normalized spacial score (nSPS) is 12.1. The van der Waals surface area contributed by atoms with Gasteiger partial charge in [-0.05, 0) is 188 Å². The fourth-order valence-electron chi connectivity index (χ4n) is 15.9. The first-order chi connectivity index (χ1) is 55.9. The SMILES string of the molecule is CN(C)C(=O)c1nc2cccc3c2c(c1Nc1ccccc1)-c1ccccc1C3=O.Cc1ccc(N=c2ccc3c(-c4ccccc4)[nH]c(-c4ccccc4)c4ccc(=O)c2c43)cc1.Cc1ccc(N=c2ccc3c[nH]cc4ccc(=O)c2c43)c(C)c1.Cc1ccc(Nc2ccc3nc(C)cc4c3c2C(=O)c2ccccc2-4)c(C)c1. The van der Waals surface area contributed by atoms with Crippen LogP contribution in [0.3, 0.4) is 0 Å². The van der Waals surface area contributed by atoms with Crippen molar-refractivity contribution in [3.8, 4) is 44.8 Å². The Labute approximate surface area is 662 Å². The standard InChI is InChI=1S/C31H22N2O.C25H19N3O2.C25H20N2O.C20H16N2O/c1-20-12-14-23(15-13-20)32-26-18-16-24-28-25(17-19-27(34)29(26)28)31(22-10-6-3-7-11-22)33-30(24)21-8-4-2-5-9-21;1-28(2)25(30)23-22(26-15-9-4-3-5-10-15)21-16-11-6-7-12-17(16)24(29)18-13-8-14-19(27-23)20(18)21;1-14-8-9-20(15(2)12-14)27-22-11-10-21-23-19(13-16(3)26-21)17-6-4-5-7-18(17)25(28)24(22)23;1-12-3-6-16(13(2)9-12)22-17-7-4-14-10-21-11-15-5-8-18(23)20(17)19(14)15/h2-19,33H,1H3;3-14,26H,1-2H3;4-13,27H,1-3H3;3-11,21H,1-2H3. The molecule has 4 heterocycles. The van der Waals surface area contributed by atoms with Gasteiger partial charge in [-0.2, -0.15) is 0 Å². The maximum atomic E-state index is 13.5. The quantitative estimate of drug-likeness (QED) is 0.109. The molecule has 20 rings (SSSR count). The summed E-state index contributed by atoms with van der Waals surface area (Å²) in [5, 5.41) is 17.4. The van der Waals surface area contributed by atoms with Crippen molar-refractivity contribution in [3.63, 3.8) is 0 Å². The number of carbonyl (C=O) groups is 3. The predicted octanol–water partition coefficient (Wildman–Crippen LogP) is 22.0. The second-order valence-corrected chi connectivity index (χ2v) is 29.5. The summed E-state index contributed by atoms with van der Waals surface area (Å²) in [7, 11) is 3.42. The highest BCUT2D eigenvalue weighted by molar-refractivity contribution is 6.30. The number of benzene rings is 14. The van der Waals surface area contributed by atoms with Gasteiger partial charge in [0.25, 0.3) is 5.91 Å². The van der Waals surface area contributed by atoms with Gasteiger partial charge in [0.2, 0.25) is 0 Å². The molecule has 2 aliphatic carbocycles. The zero-order valence-electron chi connectivity index (χ0n) is 64.6. The number of hydrogen-bond donors (Lipinski definition) is 4. The molecule has 0 radical (unpaired) electrons. The largest absolute Gasteiger partial charge is 0.366 e. The predicted molar refractivity (Wildman–Crippen MR) is 468 cm³/mol. The summed E-state index contributed by atoms with van der Waals surface area (Å²) >= 11 is 0. The van der Waals surface area contributed by atoms with Crippen LogP contribution in [0.15, 0.2) is 317 Å². The lowest BCUT2D eigenvalue weighted by Gasteiger charge is -2.25. The number of amides is 1. The van der Waals surface area contributed by atoms with E-state index in [1.807, 2.05) is 239 Å². The molecule has 0 fully saturated rings. The van der Waals surface area contributed by atoms with Crippen LogP contribution in [0.25, 0.3) is 110 Å². The van der Waals surface area contributed by atoms with Gasteiger partial charge in [-0.25, -0.2) is 15.0 Å². The van der Waals surface area contributed by atoms with Crippen LogP contribution < -0.4 is 32.2 Å². The van der Waals surface area contributed by atoms with Gasteiger partial charge in [0, 0.05) is 98.1 Å². The van der Waals surface area contributed by atoms with E-state index in [4.69, 9.17) is 15.0 Å². The van der Waals surface area contributed by atoms with E-state index in [1.54, 1.807) is 26.2 Å². The molecule has 14 heteroatoms. The molecule has 4 aromatic heterocycles. The Hall–Kier alpha value is -14.9. The van der Waals surface area contributed by atoms with Crippen molar-refractivity contribution in [2.75, 3.05) is 24.7 Å². The van der Waals surface area contributed by atoms with Gasteiger partial charge < -0.3 is 25.5 Å². The molecule has 115 heavy (non-hydrogen) atoms. The lowest BCUT2D eigenvalue weighted by Crippen LogP contribution is -2.25. The van der Waals surface area contributed by atoms with E-state index in [0.29, 0.717) is 49.7 Å². The van der Waals surface area contributed by atoms with E-state index in [2.05, 4.69) is 114 Å². The van der Waals surface area contributed by atoms with Crippen molar-refractivity contribution >= 4 is 116 Å². The zero-order valence-corrected chi connectivity index (χ0v) is 64.6. The van der Waals surface area contributed by atoms with Crippen molar-refractivity contribution in [1.82, 2.24) is 24.8 Å². The second kappa shape index (κ2) is 30.4. The minimum atomic E-state index is -0.202. The number of anilines is 4. The van der Waals surface area contributed by atoms with Crippen LogP contribution in [0.4, 0.5) is 34.1 Å². The number of hydrogen-bond acceptors (Lipinski definition) is 11.